The maximum absolute atomic E-state index is 12.4. The quantitative estimate of drug-likeness (QED) is 0.434. The van der Waals surface area contributed by atoms with Crippen LogP contribution < -0.4 is 10.0 Å². The standard InChI is InChI=1S/C17H19N3O5S/c1-12-10-15(20(22)23)11-16(13(12)2)26(24,25)19-9-8-18-17(21)14-6-4-3-5-7-14/h3-7,10-11,19H,8-9H2,1-2H3,(H,18,21). The Kier molecular flexibility index (Phi) is 6.06. The van der Waals surface area contributed by atoms with E-state index in [0.29, 0.717) is 16.7 Å². The predicted molar refractivity (Wildman–Crippen MR) is 96.5 cm³/mol. The van der Waals surface area contributed by atoms with Gasteiger partial charge in [0.1, 0.15) is 0 Å². The molecule has 2 N–H and O–H groups in total. The van der Waals surface area contributed by atoms with Gasteiger partial charge >= 0.3 is 0 Å². The molecule has 0 aliphatic carbocycles. The summed E-state index contributed by atoms with van der Waals surface area (Å²) in [4.78, 5) is 22.1. The Morgan fingerprint density at radius 1 is 1.12 bits per heavy atom. The molecule has 138 valence electrons. The van der Waals surface area contributed by atoms with E-state index in [9.17, 15) is 23.3 Å². The summed E-state index contributed by atoms with van der Waals surface area (Å²) in [5.41, 5.74) is 1.14. The average Bonchev–Trinajstić information content (AvgIpc) is 2.61. The Balaban J connectivity index is 2.03. The van der Waals surface area contributed by atoms with Crippen molar-refractivity contribution in [3.8, 4) is 0 Å². The number of carbonyl (C=O) groups is 1. The topological polar surface area (TPSA) is 118 Å². The monoisotopic (exact) mass is 377 g/mol. The molecule has 2 rings (SSSR count). The maximum Gasteiger partial charge on any atom is 0.271 e. The summed E-state index contributed by atoms with van der Waals surface area (Å²) in [6, 6.07) is 10.9. The zero-order valence-electron chi connectivity index (χ0n) is 14.4. The Hall–Kier alpha value is -2.78. The second-order valence-electron chi connectivity index (χ2n) is 5.66. The van der Waals surface area contributed by atoms with Crippen molar-refractivity contribution in [1.82, 2.24) is 10.0 Å². The number of carbonyl (C=O) groups excluding carboxylic acids is 1. The van der Waals surface area contributed by atoms with Crippen LogP contribution in [0.4, 0.5) is 5.69 Å². The van der Waals surface area contributed by atoms with Gasteiger partial charge in [0.05, 0.1) is 9.82 Å². The van der Waals surface area contributed by atoms with Gasteiger partial charge in [-0.15, -0.1) is 0 Å². The molecule has 0 saturated heterocycles. The largest absolute Gasteiger partial charge is 0.351 e. The fourth-order valence-electron chi connectivity index (χ4n) is 2.32. The minimum atomic E-state index is -3.94. The molecule has 2 aromatic rings. The van der Waals surface area contributed by atoms with Crippen molar-refractivity contribution in [3.05, 3.63) is 69.3 Å². The molecule has 0 spiro atoms. The number of nitro benzene ring substituents is 1. The summed E-state index contributed by atoms with van der Waals surface area (Å²) in [5.74, 6) is -0.313. The molecule has 0 bridgehead atoms. The minimum absolute atomic E-state index is 0.0396. The van der Waals surface area contributed by atoms with Crippen LogP contribution in [0.3, 0.4) is 0 Å². The minimum Gasteiger partial charge on any atom is -0.351 e. The first kappa shape index (κ1) is 19.5. The number of aryl methyl sites for hydroxylation is 1. The van der Waals surface area contributed by atoms with Crippen molar-refractivity contribution >= 4 is 21.6 Å². The van der Waals surface area contributed by atoms with Gasteiger partial charge in [-0.05, 0) is 37.1 Å². The van der Waals surface area contributed by atoms with Crippen molar-refractivity contribution in [3.63, 3.8) is 0 Å². The lowest BCUT2D eigenvalue weighted by Crippen LogP contribution is -2.35. The molecule has 0 atom stereocenters. The van der Waals surface area contributed by atoms with Gasteiger partial charge in [0.15, 0.2) is 0 Å². The summed E-state index contributed by atoms with van der Waals surface area (Å²) in [6.45, 7) is 3.24. The number of hydrogen-bond acceptors (Lipinski definition) is 5. The van der Waals surface area contributed by atoms with Gasteiger partial charge in [-0.1, -0.05) is 18.2 Å². The number of sulfonamides is 1. The van der Waals surface area contributed by atoms with Crippen LogP contribution in [0.25, 0.3) is 0 Å². The molecule has 0 radical (unpaired) electrons. The van der Waals surface area contributed by atoms with E-state index in [1.54, 1.807) is 44.2 Å². The number of non-ortho nitro benzene ring substituents is 1. The first-order valence-electron chi connectivity index (χ1n) is 7.81. The highest BCUT2D eigenvalue weighted by Crippen LogP contribution is 2.25. The van der Waals surface area contributed by atoms with Gasteiger partial charge in [-0.25, -0.2) is 13.1 Å². The summed E-state index contributed by atoms with van der Waals surface area (Å²) >= 11 is 0. The summed E-state index contributed by atoms with van der Waals surface area (Å²) in [6.07, 6.45) is 0. The summed E-state index contributed by atoms with van der Waals surface area (Å²) in [7, 11) is -3.94. The zero-order chi connectivity index (χ0) is 19.3. The summed E-state index contributed by atoms with van der Waals surface area (Å²) in [5, 5.41) is 13.6. The molecule has 8 nitrogen and oxygen atoms in total. The normalized spacial score (nSPS) is 11.2. The molecule has 0 heterocycles. The third kappa shape index (κ3) is 4.64. The molecule has 1 amide bonds. The van der Waals surface area contributed by atoms with Crippen molar-refractivity contribution < 1.29 is 18.1 Å². The predicted octanol–water partition coefficient (Wildman–Crippen LogP) is 1.92. The molecule has 0 unspecified atom stereocenters. The van der Waals surface area contributed by atoms with E-state index in [1.165, 1.54) is 6.07 Å². The molecule has 2 aromatic carbocycles. The molecule has 9 heteroatoms. The van der Waals surface area contributed by atoms with Gasteiger partial charge in [-0.3, -0.25) is 14.9 Å². The second-order valence-corrected chi connectivity index (χ2v) is 7.40. The van der Waals surface area contributed by atoms with E-state index in [1.807, 2.05) is 0 Å². The molecule has 0 aliphatic rings. The number of hydrogen-bond donors (Lipinski definition) is 2. The highest BCUT2D eigenvalue weighted by molar-refractivity contribution is 7.89. The smallest absolute Gasteiger partial charge is 0.271 e. The highest BCUT2D eigenvalue weighted by Gasteiger charge is 2.22. The van der Waals surface area contributed by atoms with E-state index in [-0.39, 0.29) is 29.6 Å². The van der Waals surface area contributed by atoms with Gasteiger partial charge in [0.25, 0.3) is 11.6 Å². The van der Waals surface area contributed by atoms with Crippen LogP contribution in [0.1, 0.15) is 21.5 Å². The van der Waals surface area contributed by atoms with Crippen LogP contribution >= 0.6 is 0 Å². The lowest BCUT2D eigenvalue weighted by atomic mass is 10.1. The number of benzene rings is 2. The van der Waals surface area contributed by atoms with Crippen molar-refractivity contribution in [2.45, 2.75) is 18.7 Å². The maximum atomic E-state index is 12.4. The Morgan fingerprint density at radius 2 is 1.77 bits per heavy atom. The van der Waals surface area contributed by atoms with Crippen LogP contribution in [0.5, 0.6) is 0 Å². The van der Waals surface area contributed by atoms with E-state index in [0.717, 1.165) is 6.07 Å². The van der Waals surface area contributed by atoms with Crippen LogP contribution in [-0.4, -0.2) is 32.3 Å². The van der Waals surface area contributed by atoms with Crippen LogP contribution in [-0.2, 0) is 10.0 Å². The molecule has 0 aliphatic heterocycles. The van der Waals surface area contributed by atoms with E-state index in [2.05, 4.69) is 10.0 Å². The van der Waals surface area contributed by atoms with Crippen molar-refractivity contribution in [2.24, 2.45) is 0 Å². The number of nitrogens with one attached hydrogen (secondary N) is 2. The van der Waals surface area contributed by atoms with Gasteiger partial charge in [0, 0.05) is 30.8 Å². The number of nitro groups is 1. The Morgan fingerprint density at radius 3 is 2.38 bits per heavy atom. The molecule has 0 aromatic heterocycles. The van der Waals surface area contributed by atoms with Crippen LogP contribution in [0.15, 0.2) is 47.4 Å². The third-order valence-corrected chi connectivity index (χ3v) is 5.43. The number of rotatable bonds is 7. The molecule has 0 fully saturated rings. The Labute approximate surface area is 151 Å². The van der Waals surface area contributed by atoms with Crippen molar-refractivity contribution in [2.75, 3.05) is 13.1 Å². The molecular formula is C17H19N3O5S. The first-order chi connectivity index (χ1) is 12.2. The third-order valence-electron chi connectivity index (χ3n) is 3.84. The van der Waals surface area contributed by atoms with Crippen LogP contribution in [0.2, 0.25) is 0 Å². The van der Waals surface area contributed by atoms with Gasteiger partial charge < -0.3 is 5.32 Å². The second kappa shape index (κ2) is 8.07. The van der Waals surface area contributed by atoms with E-state index < -0.39 is 14.9 Å². The lowest BCUT2D eigenvalue weighted by molar-refractivity contribution is -0.385. The average molecular weight is 377 g/mol. The van der Waals surface area contributed by atoms with E-state index >= 15 is 0 Å². The molecule has 26 heavy (non-hydrogen) atoms. The van der Waals surface area contributed by atoms with Crippen LogP contribution in [0, 0.1) is 24.0 Å². The van der Waals surface area contributed by atoms with Gasteiger partial charge in [0.2, 0.25) is 10.0 Å². The lowest BCUT2D eigenvalue weighted by Gasteiger charge is -2.11. The SMILES string of the molecule is Cc1cc([N+](=O)[O-])cc(S(=O)(=O)NCCNC(=O)c2ccccc2)c1C. The Bertz CT molecular complexity index is 927. The number of nitrogens with zero attached hydrogens (tertiary/aromatic N) is 1. The van der Waals surface area contributed by atoms with Gasteiger partial charge in [-0.2, -0.15) is 0 Å². The van der Waals surface area contributed by atoms with Crippen molar-refractivity contribution in [1.29, 1.82) is 0 Å². The first-order valence-corrected chi connectivity index (χ1v) is 9.29. The summed E-state index contributed by atoms with van der Waals surface area (Å²) < 4.78 is 27.2. The fraction of sp³-hybridized carbons (Fsp3) is 0.235. The number of amides is 1. The zero-order valence-corrected chi connectivity index (χ0v) is 15.2. The fourth-order valence-corrected chi connectivity index (χ4v) is 3.69. The molecule has 0 saturated carbocycles. The van der Waals surface area contributed by atoms with E-state index in [4.69, 9.17) is 0 Å². The molecular weight excluding hydrogens is 358 g/mol. The highest BCUT2D eigenvalue weighted by atomic mass is 32.2.